The largest absolute Gasteiger partial charge is 0.573 e. The van der Waals surface area contributed by atoms with Gasteiger partial charge >= 0.3 is 6.36 Å². The maximum atomic E-state index is 13.8. The molecule has 0 spiro atoms. The molecule has 0 radical (unpaired) electrons. The Morgan fingerprint density at radius 3 is 2.65 bits per heavy atom. The van der Waals surface area contributed by atoms with Crippen LogP contribution in [-0.4, -0.2) is 61.4 Å². The number of rotatable bonds is 5. The molecule has 1 aliphatic heterocycles. The van der Waals surface area contributed by atoms with Crippen molar-refractivity contribution < 1.29 is 22.3 Å². The molecule has 0 aliphatic carbocycles. The summed E-state index contributed by atoms with van der Waals surface area (Å²) in [5, 5.41) is -0.142. The van der Waals surface area contributed by atoms with E-state index in [-0.39, 0.29) is 17.1 Å². The SMILES string of the molecule is C[C@@H]1CN(c2ncnc3nc[nH]c23)[C@@H](C)CN1Cc1ncc(OC(F)(F)F)cc1-c1ccc(F)c(Cl)c1. The van der Waals surface area contributed by atoms with Crippen LogP contribution in [0.5, 0.6) is 5.75 Å². The molecule has 8 nitrogen and oxygen atoms in total. The topological polar surface area (TPSA) is 83.1 Å². The number of fused-ring (bicyclic) bond motifs is 1. The fraction of sp³-hybridized carbons (Fsp3) is 0.333. The summed E-state index contributed by atoms with van der Waals surface area (Å²) in [4.78, 5) is 24.6. The molecule has 1 fully saturated rings. The Morgan fingerprint density at radius 2 is 1.89 bits per heavy atom. The van der Waals surface area contributed by atoms with E-state index in [9.17, 15) is 17.6 Å². The highest BCUT2D eigenvalue weighted by Crippen LogP contribution is 2.33. The summed E-state index contributed by atoms with van der Waals surface area (Å²) in [7, 11) is 0. The summed E-state index contributed by atoms with van der Waals surface area (Å²) in [5.74, 6) is -0.336. The molecule has 37 heavy (non-hydrogen) atoms. The highest BCUT2D eigenvalue weighted by atomic mass is 35.5. The second-order valence-electron chi connectivity index (χ2n) is 8.92. The lowest BCUT2D eigenvalue weighted by Gasteiger charge is -2.44. The van der Waals surface area contributed by atoms with Crippen molar-refractivity contribution in [2.24, 2.45) is 0 Å². The monoisotopic (exact) mass is 535 g/mol. The van der Waals surface area contributed by atoms with E-state index in [0.29, 0.717) is 42.1 Å². The van der Waals surface area contributed by atoms with E-state index in [2.05, 4.69) is 53.3 Å². The third-order valence-corrected chi connectivity index (χ3v) is 6.64. The minimum Gasteiger partial charge on any atom is -0.404 e. The second-order valence-corrected chi connectivity index (χ2v) is 9.33. The van der Waals surface area contributed by atoms with Crippen molar-refractivity contribution in [3.63, 3.8) is 0 Å². The maximum absolute atomic E-state index is 13.8. The second kappa shape index (κ2) is 9.75. The number of hydrogen-bond donors (Lipinski definition) is 1. The summed E-state index contributed by atoms with van der Waals surface area (Å²) in [6.45, 7) is 5.74. The van der Waals surface area contributed by atoms with Crippen molar-refractivity contribution in [3.05, 3.63) is 59.7 Å². The molecule has 0 unspecified atom stereocenters. The Labute approximate surface area is 214 Å². The summed E-state index contributed by atoms with van der Waals surface area (Å²) >= 11 is 5.96. The van der Waals surface area contributed by atoms with Gasteiger partial charge in [-0.15, -0.1) is 13.2 Å². The zero-order chi connectivity index (χ0) is 26.3. The van der Waals surface area contributed by atoms with E-state index in [1.165, 1.54) is 30.6 Å². The van der Waals surface area contributed by atoms with Gasteiger partial charge in [0.25, 0.3) is 0 Å². The van der Waals surface area contributed by atoms with Crippen molar-refractivity contribution >= 4 is 28.6 Å². The molecule has 0 bridgehead atoms. The molecule has 1 saturated heterocycles. The Hall–Kier alpha value is -3.51. The smallest absolute Gasteiger partial charge is 0.404 e. The molecule has 0 saturated carbocycles. The number of nitrogens with zero attached hydrogens (tertiary/aromatic N) is 6. The highest BCUT2D eigenvalue weighted by Gasteiger charge is 2.33. The summed E-state index contributed by atoms with van der Waals surface area (Å²) < 4.78 is 56.5. The average molecular weight is 536 g/mol. The summed E-state index contributed by atoms with van der Waals surface area (Å²) in [6, 6.07) is 5.33. The van der Waals surface area contributed by atoms with Crippen LogP contribution in [0.4, 0.5) is 23.4 Å². The molecule has 194 valence electrons. The van der Waals surface area contributed by atoms with Crippen LogP contribution in [0.15, 0.2) is 43.1 Å². The predicted molar refractivity (Wildman–Crippen MR) is 130 cm³/mol. The number of anilines is 1. The van der Waals surface area contributed by atoms with Crippen molar-refractivity contribution in [2.75, 3.05) is 18.0 Å². The van der Waals surface area contributed by atoms with Crippen molar-refractivity contribution in [3.8, 4) is 16.9 Å². The minimum absolute atomic E-state index is 0.0432. The van der Waals surface area contributed by atoms with Gasteiger partial charge in [0.1, 0.15) is 23.4 Å². The van der Waals surface area contributed by atoms with E-state index in [4.69, 9.17) is 11.6 Å². The van der Waals surface area contributed by atoms with Crippen LogP contribution >= 0.6 is 11.6 Å². The van der Waals surface area contributed by atoms with Crippen LogP contribution in [0.3, 0.4) is 0 Å². The number of alkyl halides is 3. The fourth-order valence-corrected chi connectivity index (χ4v) is 4.76. The molecule has 1 aliphatic rings. The van der Waals surface area contributed by atoms with Crippen LogP contribution in [0, 0.1) is 5.82 Å². The van der Waals surface area contributed by atoms with Crippen molar-refractivity contribution in [1.29, 1.82) is 0 Å². The average Bonchev–Trinajstić information content (AvgIpc) is 3.32. The Kier molecular flexibility index (Phi) is 6.63. The molecule has 1 N–H and O–H groups in total. The molecule has 0 amide bonds. The molecule has 5 rings (SSSR count). The number of aromatic nitrogens is 5. The van der Waals surface area contributed by atoms with Crippen LogP contribution < -0.4 is 9.64 Å². The minimum atomic E-state index is -4.87. The molecular weight excluding hydrogens is 514 g/mol. The van der Waals surface area contributed by atoms with Gasteiger partial charge in [-0.2, -0.15) is 0 Å². The quantitative estimate of drug-likeness (QED) is 0.351. The summed E-state index contributed by atoms with van der Waals surface area (Å²) in [5.41, 5.74) is 2.67. The lowest BCUT2D eigenvalue weighted by Crippen LogP contribution is -2.56. The van der Waals surface area contributed by atoms with E-state index >= 15 is 0 Å². The molecule has 3 aromatic heterocycles. The van der Waals surface area contributed by atoms with Gasteiger partial charge in [-0.3, -0.25) is 9.88 Å². The van der Waals surface area contributed by atoms with Gasteiger partial charge in [-0.05, 0) is 37.6 Å². The first-order chi connectivity index (χ1) is 17.6. The van der Waals surface area contributed by atoms with Gasteiger partial charge in [0, 0.05) is 37.3 Å². The number of pyridine rings is 1. The Bertz CT molecular complexity index is 1430. The number of aromatic amines is 1. The first-order valence-electron chi connectivity index (χ1n) is 11.4. The van der Waals surface area contributed by atoms with Gasteiger partial charge in [0.2, 0.25) is 0 Å². The molecule has 4 aromatic rings. The predicted octanol–water partition coefficient (Wildman–Crippen LogP) is 5.21. The first kappa shape index (κ1) is 25.2. The third kappa shape index (κ3) is 5.30. The number of benzene rings is 1. The number of halogens is 5. The van der Waals surface area contributed by atoms with Gasteiger partial charge in [0.15, 0.2) is 11.5 Å². The van der Waals surface area contributed by atoms with E-state index in [0.717, 1.165) is 17.5 Å². The fourth-order valence-electron chi connectivity index (χ4n) is 4.58. The summed E-state index contributed by atoms with van der Waals surface area (Å²) in [6.07, 6.45) is -0.773. The number of hydrogen-bond acceptors (Lipinski definition) is 7. The highest BCUT2D eigenvalue weighted by molar-refractivity contribution is 6.31. The van der Waals surface area contributed by atoms with Gasteiger partial charge < -0.3 is 14.6 Å². The van der Waals surface area contributed by atoms with Crippen LogP contribution in [0.1, 0.15) is 19.5 Å². The number of H-pyrrole nitrogens is 1. The van der Waals surface area contributed by atoms with E-state index < -0.39 is 17.9 Å². The van der Waals surface area contributed by atoms with Crippen molar-refractivity contribution in [1.82, 2.24) is 29.8 Å². The Balaban J connectivity index is 1.43. The van der Waals surface area contributed by atoms with E-state index in [1.54, 1.807) is 6.33 Å². The number of ether oxygens (including phenoxy) is 1. The zero-order valence-electron chi connectivity index (χ0n) is 19.8. The van der Waals surface area contributed by atoms with Crippen LogP contribution in [-0.2, 0) is 6.54 Å². The Morgan fingerprint density at radius 1 is 1.08 bits per heavy atom. The number of piperazine rings is 1. The van der Waals surface area contributed by atoms with Gasteiger partial charge in [-0.25, -0.2) is 19.3 Å². The van der Waals surface area contributed by atoms with Crippen LogP contribution in [0.2, 0.25) is 5.02 Å². The molecule has 13 heteroatoms. The maximum Gasteiger partial charge on any atom is 0.573 e. The zero-order valence-corrected chi connectivity index (χ0v) is 20.6. The van der Waals surface area contributed by atoms with E-state index in [1.807, 2.05) is 0 Å². The molecule has 4 heterocycles. The van der Waals surface area contributed by atoms with Crippen LogP contribution in [0.25, 0.3) is 22.3 Å². The normalized spacial score (nSPS) is 18.9. The molecule has 1 aromatic carbocycles. The first-order valence-corrected chi connectivity index (χ1v) is 11.8. The molecule has 2 atom stereocenters. The van der Waals surface area contributed by atoms with Gasteiger partial charge in [-0.1, -0.05) is 17.7 Å². The standard InChI is InChI=1S/C24H22ClF4N7O/c1-13-9-36(23-21-22(32-11-31-21)33-12-34-23)14(2)8-35(13)10-20-17(15-3-4-19(26)18(25)5-15)6-16(7-30-20)37-24(27,28)29/h3-7,11-14H,8-10H2,1-2H3,(H,31,32,33,34)/t13-,14+/m1/s1. The van der Waals surface area contributed by atoms with Gasteiger partial charge in [0.05, 0.1) is 23.2 Å². The third-order valence-electron chi connectivity index (χ3n) is 6.35. The molecular formula is C24H22ClF4N7O. The lowest BCUT2D eigenvalue weighted by molar-refractivity contribution is -0.274. The van der Waals surface area contributed by atoms with Crippen molar-refractivity contribution in [2.45, 2.75) is 38.8 Å². The lowest BCUT2D eigenvalue weighted by atomic mass is 10.0. The number of nitrogens with one attached hydrogen (secondary N) is 1. The number of imidazole rings is 1.